The zero-order valence-electron chi connectivity index (χ0n) is 20.2. The van der Waals surface area contributed by atoms with Crippen molar-refractivity contribution in [3.05, 3.63) is 28.7 Å². The second-order valence-electron chi connectivity index (χ2n) is 10.2. The SMILES string of the molecule is Cn1c(=O)n(C2CCC(=O)NC2=O)c2cccc(NC3CCC(C(=O)N4CC[C@H](C(=O)O)C4)CC3)c21. The van der Waals surface area contributed by atoms with Gasteiger partial charge in [-0.1, -0.05) is 6.07 Å². The number of carboxylic acids is 1. The van der Waals surface area contributed by atoms with Crippen LogP contribution in [0.2, 0.25) is 0 Å². The van der Waals surface area contributed by atoms with E-state index in [1.165, 1.54) is 9.13 Å². The van der Waals surface area contributed by atoms with Crippen LogP contribution in [0, 0.1) is 11.8 Å². The molecule has 1 aromatic carbocycles. The third kappa shape index (κ3) is 4.27. The molecule has 0 radical (unpaired) electrons. The molecular formula is C25H31N5O6. The minimum atomic E-state index is -0.840. The van der Waals surface area contributed by atoms with Crippen LogP contribution >= 0.6 is 0 Å². The first-order valence-corrected chi connectivity index (χ1v) is 12.6. The predicted molar refractivity (Wildman–Crippen MR) is 130 cm³/mol. The highest BCUT2D eigenvalue weighted by atomic mass is 16.4. The summed E-state index contributed by atoms with van der Waals surface area (Å²) >= 11 is 0. The van der Waals surface area contributed by atoms with Crippen molar-refractivity contribution in [3.8, 4) is 0 Å². The Hall–Kier alpha value is -3.63. The highest BCUT2D eigenvalue weighted by Crippen LogP contribution is 2.32. The third-order valence-corrected chi connectivity index (χ3v) is 7.91. The number of amides is 3. The number of nitrogens with zero attached hydrogens (tertiary/aromatic N) is 3. The molecule has 3 aliphatic rings. The molecule has 3 fully saturated rings. The number of aromatic nitrogens is 2. The Kier molecular flexibility index (Phi) is 6.31. The molecular weight excluding hydrogens is 466 g/mol. The number of anilines is 1. The number of rotatable bonds is 5. The summed E-state index contributed by atoms with van der Waals surface area (Å²) in [6.45, 7) is 0.806. The van der Waals surface area contributed by atoms with Gasteiger partial charge in [-0.2, -0.15) is 0 Å². The van der Waals surface area contributed by atoms with Crippen LogP contribution in [0.1, 0.15) is 51.0 Å². The van der Waals surface area contributed by atoms with Gasteiger partial charge in [-0.25, -0.2) is 4.79 Å². The molecule has 192 valence electrons. The van der Waals surface area contributed by atoms with Gasteiger partial charge in [0.05, 0.1) is 22.6 Å². The molecule has 0 bridgehead atoms. The van der Waals surface area contributed by atoms with E-state index >= 15 is 0 Å². The number of imide groups is 1. The standard InChI is InChI=1S/C25H31N5O6/c1-28-21-17(3-2-4-18(21)30(25(28)36)19-9-10-20(31)27-22(19)32)26-16-7-5-14(6-8-16)23(33)29-12-11-15(13-29)24(34)35/h2-4,14-16,19,26H,5-13H2,1H3,(H,34,35)(H,27,31,32)/t14?,15-,16?,19?/m0/s1. The number of likely N-dealkylation sites (tertiary alicyclic amines) is 1. The predicted octanol–water partition coefficient (Wildman–Crippen LogP) is 1.22. The first-order chi connectivity index (χ1) is 17.2. The van der Waals surface area contributed by atoms with Crippen molar-refractivity contribution in [1.29, 1.82) is 0 Å². The molecule has 1 unspecified atom stereocenters. The van der Waals surface area contributed by atoms with E-state index in [9.17, 15) is 29.1 Å². The Morgan fingerprint density at radius 3 is 2.44 bits per heavy atom. The monoisotopic (exact) mass is 497 g/mol. The number of carbonyl (C=O) groups excluding carboxylic acids is 3. The van der Waals surface area contributed by atoms with E-state index < -0.39 is 23.8 Å². The van der Waals surface area contributed by atoms with Crippen molar-refractivity contribution in [2.45, 2.75) is 57.0 Å². The number of nitrogens with one attached hydrogen (secondary N) is 2. The van der Waals surface area contributed by atoms with E-state index in [2.05, 4.69) is 10.6 Å². The van der Waals surface area contributed by atoms with E-state index in [1.807, 2.05) is 18.2 Å². The van der Waals surface area contributed by atoms with E-state index in [1.54, 1.807) is 11.9 Å². The minimum Gasteiger partial charge on any atom is -0.481 e. The summed E-state index contributed by atoms with van der Waals surface area (Å²) in [5.41, 5.74) is 1.81. The maximum absolute atomic E-state index is 13.1. The van der Waals surface area contributed by atoms with Gasteiger partial charge in [0.25, 0.3) is 0 Å². The fraction of sp³-hybridized carbons (Fsp3) is 0.560. The van der Waals surface area contributed by atoms with Crippen LogP contribution in [0.5, 0.6) is 0 Å². The lowest BCUT2D eigenvalue weighted by Gasteiger charge is -2.31. The van der Waals surface area contributed by atoms with Gasteiger partial charge in [0.2, 0.25) is 17.7 Å². The minimum absolute atomic E-state index is 0.0583. The zero-order chi connectivity index (χ0) is 25.6. The van der Waals surface area contributed by atoms with Crippen LogP contribution in [0.25, 0.3) is 11.0 Å². The van der Waals surface area contributed by atoms with Crippen LogP contribution in [0.15, 0.2) is 23.0 Å². The number of para-hydroxylation sites is 1. The lowest BCUT2D eigenvalue weighted by molar-refractivity contribution is -0.142. The number of hydrogen-bond acceptors (Lipinski definition) is 6. The van der Waals surface area contributed by atoms with E-state index in [0.717, 1.165) is 31.4 Å². The Balaban J connectivity index is 1.29. The molecule has 1 aromatic heterocycles. The summed E-state index contributed by atoms with van der Waals surface area (Å²) in [7, 11) is 1.67. The van der Waals surface area contributed by atoms with E-state index in [4.69, 9.17) is 0 Å². The second kappa shape index (κ2) is 9.44. The first kappa shape index (κ1) is 24.1. The van der Waals surface area contributed by atoms with Gasteiger partial charge in [0.1, 0.15) is 6.04 Å². The molecule has 11 heteroatoms. The van der Waals surface area contributed by atoms with Gasteiger partial charge in [0, 0.05) is 38.5 Å². The fourth-order valence-electron chi connectivity index (χ4n) is 5.91. The van der Waals surface area contributed by atoms with Crippen molar-refractivity contribution in [2.24, 2.45) is 18.9 Å². The Bertz CT molecular complexity index is 1290. The topological polar surface area (TPSA) is 143 Å². The smallest absolute Gasteiger partial charge is 0.329 e. The van der Waals surface area contributed by atoms with Crippen LogP contribution in [-0.4, -0.2) is 62.0 Å². The van der Waals surface area contributed by atoms with Gasteiger partial charge >= 0.3 is 11.7 Å². The quantitative estimate of drug-likeness (QED) is 0.527. The second-order valence-corrected chi connectivity index (χ2v) is 10.2. The zero-order valence-corrected chi connectivity index (χ0v) is 20.2. The normalized spacial score (nSPS) is 26.8. The lowest BCUT2D eigenvalue weighted by atomic mass is 9.85. The number of piperidine rings is 1. The summed E-state index contributed by atoms with van der Waals surface area (Å²) in [5, 5.41) is 15.1. The van der Waals surface area contributed by atoms with Crippen molar-refractivity contribution >= 4 is 40.4 Å². The van der Waals surface area contributed by atoms with Crippen molar-refractivity contribution in [3.63, 3.8) is 0 Å². The van der Waals surface area contributed by atoms with Crippen molar-refractivity contribution < 1.29 is 24.3 Å². The number of fused-ring (bicyclic) bond motifs is 1. The summed E-state index contributed by atoms with van der Waals surface area (Å²) in [6, 6.07) is 4.94. The number of hydrogen-bond donors (Lipinski definition) is 3. The molecule has 1 saturated carbocycles. The van der Waals surface area contributed by atoms with Crippen LogP contribution < -0.4 is 16.3 Å². The third-order valence-electron chi connectivity index (χ3n) is 7.91. The van der Waals surface area contributed by atoms with Crippen molar-refractivity contribution in [1.82, 2.24) is 19.4 Å². The molecule has 3 N–H and O–H groups in total. The summed E-state index contributed by atoms with van der Waals surface area (Å²) in [4.78, 5) is 63.0. The molecule has 5 rings (SSSR count). The largest absolute Gasteiger partial charge is 0.481 e. The summed E-state index contributed by atoms with van der Waals surface area (Å²) in [5.74, 6) is -2.13. The molecule has 11 nitrogen and oxygen atoms in total. The molecule has 1 aliphatic carbocycles. The van der Waals surface area contributed by atoms with Crippen molar-refractivity contribution in [2.75, 3.05) is 18.4 Å². The number of imidazole rings is 1. The molecule has 0 spiro atoms. The Morgan fingerprint density at radius 2 is 1.78 bits per heavy atom. The molecule has 2 aromatic rings. The van der Waals surface area contributed by atoms with Gasteiger partial charge in [-0.05, 0) is 50.7 Å². The number of benzene rings is 1. The average molecular weight is 498 g/mol. The first-order valence-electron chi connectivity index (χ1n) is 12.6. The average Bonchev–Trinajstić information content (AvgIpc) is 3.44. The number of carbonyl (C=O) groups is 4. The summed E-state index contributed by atoms with van der Waals surface area (Å²) in [6.07, 6.45) is 3.99. The van der Waals surface area contributed by atoms with E-state index in [0.29, 0.717) is 30.5 Å². The van der Waals surface area contributed by atoms with Gasteiger partial charge in [-0.15, -0.1) is 0 Å². The summed E-state index contributed by atoms with van der Waals surface area (Å²) < 4.78 is 3.00. The molecule has 3 amide bonds. The Labute approximate surface area is 207 Å². The maximum atomic E-state index is 13.1. The van der Waals surface area contributed by atoms with E-state index in [-0.39, 0.29) is 42.3 Å². The van der Waals surface area contributed by atoms with Crippen LogP contribution in [0.3, 0.4) is 0 Å². The number of aryl methyl sites for hydroxylation is 1. The molecule has 2 aliphatic heterocycles. The molecule has 3 heterocycles. The lowest BCUT2D eigenvalue weighted by Crippen LogP contribution is -2.44. The number of aliphatic carboxylic acids is 1. The molecule has 36 heavy (non-hydrogen) atoms. The van der Waals surface area contributed by atoms with Crippen LogP contribution in [0.4, 0.5) is 5.69 Å². The Morgan fingerprint density at radius 1 is 1.03 bits per heavy atom. The number of carboxylic acid groups (broad SMARTS) is 1. The van der Waals surface area contributed by atoms with Gasteiger partial charge in [0.15, 0.2) is 0 Å². The highest BCUT2D eigenvalue weighted by Gasteiger charge is 2.36. The van der Waals surface area contributed by atoms with Gasteiger partial charge < -0.3 is 15.3 Å². The molecule has 2 saturated heterocycles. The van der Waals surface area contributed by atoms with Crippen LogP contribution in [-0.2, 0) is 26.2 Å². The fourth-order valence-corrected chi connectivity index (χ4v) is 5.91. The highest BCUT2D eigenvalue weighted by molar-refractivity contribution is 6.00. The molecule has 2 atom stereocenters. The maximum Gasteiger partial charge on any atom is 0.329 e. The van der Waals surface area contributed by atoms with Gasteiger partial charge in [-0.3, -0.25) is 33.6 Å².